The van der Waals surface area contributed by atoms with E-state index >= 15 is 0 Å². The van der Waals surface area contributed by atoms with Gasteiger partial charge in [0.05, 0.1) is 29.4 Å². The van der Waals surface area contributed by atoms with Crippen molar-refractivity contribution in [3.8, 4) is 0 Å². The molecule has 0 saturated carbocycles. The smallest absolute Gasteiger partial charge is 0.268 e. The van der Waals surface area contributed by atoms with Crippen molar-refractivity contribution >= 4 is 38.5 Å². The van der Waals surface area contributed by atoms with E-state index in [-0.39, 0.29) is 18.0 Å². The molecule has 0 atom stereocenters. The molecule has 3 aromatic heterocycles. The lowest BCUT2D eigenvalue weighted by Crippen LogP contribution is -2.28. The first-order chi connectivity index (χ1) is 11.6. The minimum Gasteiger partial charge on any atom is -0.345 e. The highest BCUT2D eigenvalue weighted by molar-refractivity contribution is 7.17. The van der Waals surface area contributed by atoms with Crippen LogP contribution in [-0.4, -0.2) is 37.8 Å². The van der Waals surface area contributed by atoms with Crippen LogP contribution in [0.3, 0.4) is 0 Å². The van der Waals surface area contributed by atoms with Crippen LogP contribution in [0.25, 0.3) is 21.3 Å². The molecule has 0 aliphatic rings. The van der Waals surface area contributed by atoms with E-state index in [2.05, 4.69) is 19.9 Å². The third-order valence-corrected chi connectivity index (χ3v) is 4.67. The average Bonchev–Trinajstić information content (AvgIpc) is 3.22. The summed E-state index contributed by atoms with van der Waals surface area (Å²) in [6, 6.07) is 7.09. The number of fused-ring (bicyclic) bond motifs is 2. The maximum atomic E-state index is 12.6. The van der Waals surface area contributed by atoms with E-state index in [1.165, 1.54) is 16.2 Å². The molecule has 0 bridgehead atoms. The average molecular weight is 339 g/mol. The van der Waals surface area contributed by atoms with Gasteiger partial charge >= 0.3 is 0 Å². The molecule has 7 nitrogen and oxygen atoms in total. The maximum absolute atomic E-state index is 12.6. The van der Waals surface area contributed by atoms with Gasteiger partial charge in [0, 0.05) is 12.6 Å². The van der Waals surface area contributed by atoms with Gasteiger partial charge in [-0.3, -0.25) is 9.59 Å². The molecule has 0 unspecified atom stereocenters. The van der Waals surface area contributed by atoms with Crippen LogP contribution in [0.2, 0.25) is 0 Å². The van der Waals surface area contributed by atoms with Crippen molar-refractivity contribution in [3.05, 3.63) is 57.7 Å². The molecule has 1 aromatic carbocycles. The molecule has 0 aliphatic carbocycles. The van der Waals surface area contributed by atoms with Crippen LogP contribution >= 0.6 is 11.3 Å². The molecule has 0 saturated heterocycles. The van der Waals surface area contributed by atoms with Gasteiger partial charge in [-0.05, 0) is 29.6 Å². The molecule has 4 rings (SSSR count). The van der Waals surface area contributed by atoms with E-state index in [1.807, 2.05) is 5.38 Å². The summed E-state index contributed by atoms with van der Waals surface area (Å²) in [6.45, 7) is 0.223. The first kappa shape index (κ1) is 14.6. The zero-order valence-electron chi connectivity index (χ0n) is 12.7. The number of aromatic nitrogens is 4. The summed E-state index contributed by atoms with van der Waals surface area (Å²) in [7, 11) is 1.68. The SMILES string of the molecule is CN(Cc1nc2ccsc2c(=O)[nH]1)C(=O)c1ccc2nc[nH]c2c1. The van der Waals surface area contributed by atoms with Gasteiger partial charge in [-0.1, -0.05) is 0 Å². The lowest BCUT2D eigenvalue weighted by atomic mass is 10.2. The lowest BCUT2D eigenvalue weighted by molar-refractivity contribution is 0.0781. The molecular weight excluding hydrogens is 326 g/mol. The maximum Gasteiger partial charge on any atom is 0.268 e. The Morgan fingerprint density at radius 2 is 2.17 bits per heavy atom. The van der Waals surface area contributed by atoms with Gasteiger partial charge in [-0.15, -0.1) is 11.3 Å². The van der Waals surface area contributed by atoms with Gasteiger partial charge in [0.15, 0.2) is 0 Å². The van der Waals surface area contributed by atoms with Gasteiger partial charge in [-0.25, -0.2) is 9.97 Å². The van der Waals surface area contributed by atoms with Crippen LogP contribution in [0.4, 0.5) is 0 Å². The summed E-state index contributed by atoms with van der Waals surface area (Å²) in [5, 5.41) is 1.82. The van der Waals surface area contributed by atoms with Crippen molar-refractivity contribution < 1.29 is 4.79 Å². The highest BCUT2D eigenvalue weighted by Crippen LogP contribution is 2.16. The molecule has 2 N–H and O–H groups in total. The number of carbonyl (C=O) groups is 1. The van der Waals surface area contributed by atoms with E-state index in [4.69, 9.17) is 0 Å². The minimum absolute atomic E-state index is 0.153. The predicted octanol–water partition coefficient (Wildman–Crippen LogP) is 2.13. The fourth-order valence-corrected chi connectivity index (χ4v) is 3.31. The van der Waals surface area contributed by atoms with Gasteiger partial charge in [-0.2, -0.15) is 0 Å². The standard InChI is InChI=1S/C16H13N5O2S/c1-21(7-13-19-11-4-5-24-14(11)15(22)20-13)16(23)9-2-3-10-12(6-9)18-8-17-10/h2-6,8H,7H2,1H3,(H,17,18)(H,19,20,22). The van der Waals surface area contributed by atoms with E-state index in [0.29, 0.717) is 21.6 Å². The molecule has 0 aliphatic heterocycles. The van der Waals surface area contributed by atoms with E-state index in [9.17, 15) is 9.59 Å². The topological polar surface area (TPSA) is 94.7 Å². The number of aromatic amines is 2. The van der Waals surface area contributed by atoms with Crippen molar-refractivity contribution in [1.82, 2.24) is 24.8 Å². The summed E-state index contributed by atoms with van der Waals surface area (Å²) in [6.07, 6.45) is 1.59. The number of nitrogens with one attached hydrogen (secondary N) is 2. The fraction of sp³-hybridized carbons (Fsp3) is 0.125. The number of nitrogens with zero attached hydrogens (tertiary/aromatic N) is 3. The third-order valence-electron chi connectivity index (χ3n) is 3.76. The zero-order chi connectivity index (χ0) is 16.7. The van der Waals surface area contributed by atoms with Gasteiger partial charge in [0.2, 0.25) is 0 Å². The normalized spacial score (nSPS) is 11.2. The molecule has 3 heterocycles. The number of hydrogen-bond donors (Lipinski definition) is 2. The number of H-pyrrole nitrogens is 2. The number of imidazole rings is 1. The number of hydrogen-bond acceptors (Lipinski definition) is 5. The van der Waals surface area contributed by atoms with E-state index < -0.39 is 0 Å². The molecule has 120 valence electrons. The van der Waals surface area contributed by atoms with Gasteiger partial charge in [0.1, 0.15) is 10.5 Å². The molecule has 24 heavy (non-hydrogen) atoms. The van der Waals surface area contributed by atoms with Crippen LogP contribution in [-0.2, 0) is 6.54 Å². The number of amides is 1. The first-order valence-electron chi connectivity index (χ1n) is 7.27. The van der Waals surface area contributed by atoms with Crippen LogP contribution in [0, 0.1) is 0 Å². The third kappa shape index (κ3) is 2.46. The second-order valence-electron chi connectivity index (χ2n) is 5.44. The summed E-state index contributed by atoms with van der Waals surface area (Å²) in [4.78, 5) is 40.4. The van der Waals surface area contributed by atoms with Crippen molar-refractivity contribution in [2.24, 2.45) is 0 Å². The molecule has 4 aromatic rings. The van der Waals surface area contributed by atoms with Gasteiger partial charge in [0.25, 0.3) is 11.5 Å². The second-order valence-corrected chi connectivity index (χ2v) is 6.36. The van der Waals surface area contributed by atoms with Crippen LogP contribution < -0.4 is 5.56 Å². The van der Waals surface area contributed by atoms with Crippen molar-refractivity contribution in [2.45, 2.75) is 6.54 Å². The molecule has 1 amide bonds. The lowest BCUT2D eigenvalue weighted by Gasteiger charge is -2.16. The Morgan fingerprint density at radius 1 is 1.29 bits per heavy atom. The molecule has 0 fully saturated rings. The monoisotopic (exact) mass is 339 g/mol. The van der Waals surface area contributed by atoms with Crippen LogP contribution in [0.1, 0.15) is 16.2 Å². The number of benzene rings is 1. The van der Waals surface area contributed by atoms with Crippen LogP contribution in [0.5, 0.6) is 0 Å². The summed E-state index contributed by atoms with van der Waals surface area (Å²) in [5.74, 6) is 0.309. The quantitative estimate of drug-likeness (QED) is 0.598. The van der Waals surface area contributed by atoms with Crippen LogP contribution in [0.15, 0.2) is 40.8 Å². The summed E-state index contributed by atoms with van der Waals surface area (Å²) >= 11 is 1.35. The van der Waals surface area contributed by atoms with E-state index in [0.717, 1.165) is 11.0 Å². The molecular formula is C16H13N5O2S. The summed E-state index contributed by atoms with van der Waals surface area (Å²) < 4.78 is 0.595. The first-order valence-corrected chi connectivity index (χ1v) is 8.15. The fourth-order valence-electron chi connectivity index (χ4n) is 2.58. The largest absolute Gasteiger partial charge is 0.345 e. The van der Waals surface area contributed by atoms with Crippen molar-refractivity contribution in [3.63, 3.8) is 0 Å². The number of carbonyl (C=O) groups excluding carboxylic acids is 1. The Hall–Kier alpha value is -3.00. The number of thiophene rings is 1. The molecule has 8 heteroatoms. The Kier molecular flexibility index (Phi) is 3.39. The second kappa shape index (κ2) is 5.57. The highest BCUT2D eigenvalue weighted by Gasteiger charge is 2.15. The molecule has 0 spiro atoms. The van der Waals surface area contributed by atoms with E-state index in [1.54, 1.807) is 37.6 Å². The Morgan fingerprint density at radius 3 is 3.04 bits per heavy atom. The minimum atomic E-state index is -0.176. The zero-order valence-corrected chi connectivity index (χ0v) is 13.6. The highest BCUT2D eigenvalue weighted by atomic mass is 32.1. The predicted molar refractivity (Wildman–Crippen MR) is 92.1 cm³/mol. The Bertz CT molecular complexity index is 1110. The molecule has 0 radical (unpaired) electrons. The Labute approximate surface area is 140 Å². The van der Waals surface area contributed by atoms with Crippen molar-refractivity contribution in [1.29, 1.82) is 0 Å². The van der Waals surface area contributed by atoms with Gasteiger partial charge < -0.3 is 14.9 Å². The van der Waals surface area contributed by atoms with Crippen molar-refractivity contribution in [2.75, 3.05) is 7.05 Å². The Balaban J connectivity index is 1.60. The summed E-state index contributed by atoms with van der Waals surface area (Å²) in [5.41, 5.74) is 2.64. The number of rotatable bonds is 3.